The Hall–Kier alpha value is -3.32. The molecule has 0 bridgehead atoms. The van der Waals surface area contributed by atoms with Crippen molar-refractivity contribution >= 4 is 22.6 Å². The topological polar surface area (TPSA) is 65.2 Å². The van der Waals surface area contributed by atoms with E-state index in [4.69, 9.17) is 9.47 Å². The molecule has 0 aliphatic carbocycles. The number of aryl methyl sites for hydroxylation is 1. The van der Waals surface area contributed by atoms with Gasteiger partial charge in [-0.3, -0.25) is 9.59 Å². The SMILES string of the molecule is Cc1c(C(=O)C(=O)N2CC[NH+](Cc3ccc4c(c3)OCO4)CC2)c2ccccc2n1C. The lowest BCUT2D eigenvalue weighted by molar-refractivity contribution is -0.917. The molecule has 1 amide bonds. The molecule has 1 aromatic heterocycles. The van der Waals surface area contributed by atoms with Gasteiger partial charge < -0.3 is 23.8 Å². The fourth-order valence-corrected chi connectivity index (χ4v) is 4.60. The molecule has 160 valence electrons. The molecule has 2 aromatic carbocycles. The van der Waals surface area contributed by atoms with E-state index in [9.17, 15) is 9.59 Å². The summed E-state index contributed by atoms with van der Waals surface area (Å²) in [4.78, 5) is 29.2. The molecule has 3 heterocycles. The molecule has 3 aromatic rings. The lowest BCUT2D eigenvalue weighted by Gasteiger charge is -2.32. The molecule has 7 nitrogen and oxygen atoms in total. The van der Waals surface area contributed by atoms with Gasteiger partial charge in [-0.1, -0.05) is 18.2 Å². The molecule has 1 N–H and O–H groups in total. The van der Waals surface area contributed by atoms with E-state index in [0.29, 0.717) is 18.7 Å². The number of ether oxygens (including phenoxy) is 2. The van der Waals surface area contributed by atoms with Gasteiger partial charge in [-0.05, 0) is 31.2 Å². The number of benzene rings is 2. The molecule has 0 atom stereocenters. The second-order valence-corrected chi connectivity index (χ2v) is 8.27. The third-order valence-corrected chi connectivity index (χ3v) is 6.47. The molecule has 2 aliphatic rings. The zero-order chi connectivity index (χ0) is 21.5. The fourth-order valence-electron chi connectivity index (χ4n) is 4.60. The molecule has 1 saturated heterocycles. The Kier molecular flexibility index (Phi) is 4.90. The number of carbonyl (C=O) groups is 2. The molecule has 0 spiro atoms. The molecule has 31 heavy (non-hydrogen) atoms. The van der Waals surface area contributed by atoms with Crippen molar-refractivity contribution in [3.8, 4) is 11.5 Å². The van der Waals surface area contributed by atoms with Crippen LogP contribution < -0.4 is 14.4 Å². The number of nitrogens with one attached hydrogen (secondary N) is 1. The number of quaternary nitrogens is 1. The van der Waals surface area contributed by atoms with Crippen LogP contribution in [0.4, 0.5) is 0 Å². The van der Waals surface area contributed by atoms with E-state index >= 15 is 0 Å². The minimum atomic E-state index is -0.409. The van der Waals surface area contributed by atoms with Gasteiger partial charge >= 0.3 is 0 Å². The fraction of sp³-hybridized carbons (Fsp3) is 0.333. The zero-order valence-corrected chi connectivity index (χ0v) is 17.8. The average Bonchev–Trinajstić information content (AvgIpc) is 3.36. The summed E-state index contributed by atoms with van der Waals surface area (Å²) in [6, 6.07) is 13.8. The second-order valence-electron chi connectivity index (χ2n) is 8.27. The van der Waals surface area contributed by atoms with Crippen LogP contribution in [0.15, 0.2) is 42.5 Å². The number of hydrogen-bond acceptors (Lipinski definition) is 4. The maximum atomic E-state index is 13.1. The summed E-state index contributed by atoms with van der Waals surface area (Å²) >= 11 is 0. The highest BCUT2D eigenvalue weighted by molar-refractivity contribution is 6.45. The largest absolute Gasteiger partial charge is 0.454 e. The summed E-state index contributed by atoms with van der Waals surface area (Å²) in [5.74, 6) is 0.772. The first-order valence-electron chi connectivity index (χ1n) is 10.6. The van der Waals surface area contributed by atoms with Crippen molar-refractivity contribution in [2.75, 3.05) is 33.0 Å². The molecule has 0 radical (unpaired) electrons. The van der Waals surface area contributed by atoms with Crippen LogP contribution in [0.2, 0.25) is 0 Å². The molecule has 0 saturated carbocycles. The number of rotatable bonds is 4. The van der Waals surface area contributed by atoms with Crippen LogP contribution in [-0.2, 0) is 18.4 Å². The third-order valence-electron chi connectivity index (χ3n) is 6.47. The first-order valence-corrected chi connectivity index (χ1v) is 10.6. The van der Waals surface area contributed by atoms with Gasteiger partial charge in [-0.25, -0.2) is 0 Å². The van der Waals surface area contributed by atoms with Crippen LogP contribution >= 0.6 is 0 Å². The van der Waals surface area contributed by atoms with E-state index in [1.54, 1.807) is 4.90 Å². The maximum Gasteiger partial charge on any atom is 0.295 e. The molecular weight excluding hydrogens is 394 g/mol. The molecule has 2 aliphatic heterocycles. The van der Waals surface area contributed by atoms with E-state index in [0.717, 1.165) is 47.7 Å². The number of aromatic nitrogens is 1. The smallest absolute Gasteiger partial charge is 0.295 e. The molecular formula is C24H26N3O4+. The number of piperazine rings is 1. The van der Waals surface area contributed by atoms with E-state index in [1.165, 1.54) is 10.5 Å². The van der Waals surface area contributed by atoms with Crippen LogP contribution in [0.25, 0.3) is 10.9 Å². The van der Waals surface area contributed by atoms with Gasteiger partial charge in [0.05, 0.1) is 31.7 Å². The average molecular weight is 420 g/mol. The Balaban J connectivity index is 1.25. The van der Waals surface area contributed by atoms with Crippen LogP contribution in [0.3, 0.4) is 0 Å². The van der Waals surface area contributed by atoms with Crippen molar-refractivity contribution in [1.29, 1.82) is 0 Å². The summed E-state index contributed by atoms with van der Waals surface area (Å²) in [6.45, 7) is 5.80. The lowest BCUT2D eigenvalue weighted by Crippen LogP contribution is -3.13. The monoisotopic (exact) mass is 420 g/mol. The van der Waals surface area contributed by atoms with Crippen molar-refractivity contribution in [3.05, 3.63) is 59.3 Å². The Bertz CT molecular complexity index is 1180. The zero-order valence-electron chi connectivity index (χ0n) is 17.8. The van der Waals surface area contributed by atoms with Crippen LogP contribution in [0.5, 0.6) is 11.5 Å². The number of hydrogen-bond donors (Lipinski definition) is 1. The summed E-state index contributed by atoms with van der Waals surface area (Å²) in [5.41, 5.74) is 3.50. The second kappa shape index (κ2) is 7.74. The van der Waals surface area contributed by atoms with Gasteiger partial charge in [0.2, 0.25) is 6.79 Å². The van der Waals surface area contributed by atoms with E-state index in [-0.39, 0.29) is 6.79 Å². The van der Waals surface area contributed by atoms with Gasteiger partial charge in [-0.2, -0.15) is 0 Å². The third kappa shape index (κ3) is 3.45. The molecule has 1 fully saturated rings. The molecule has 0 unspecified atom stereocenters. The lowest BCUT2D eigenvalue weighted by atomic mass is 10.1. The highest BCUT2D eigenvalue weighted by atomic mass is 16.7. The van der Waals surface area contributed by atoms with E-state index in [2.05, 4.69) is 6.07 Å². The number of Topliss-reactive ketones (excluding diaryl/α,β-unsaturated/α-hetero) is 1. The highest BCUT2D eigenvalue weighted by Gasteiger charge is 2.31. The minimum absolute atomic E-state index is 0.274. The summed E-state index contributed by atoms with van der Waals surface area (Å²) in [6.07, 6.45) is 0. The van der Waals surface area contributed by atoms with Gasteiger partial charge in [0, 0.05) is 29.2 Å². The summed E-state index contributed by atoms with van der Waals surface area (Å²) < 4.78 is 12.8. The Morgan fingerprint density at radius 1 is 1.03 bits per heavy atom. The first-order chi connectivity index (χ1) is 15.0. The Labute approximate surface area is 180 Å². The number of amides is 1. The Morgan fingerprint density at radius 3 is 2.58 bits per heavy atom. The number of nitrogens with zero attached hydrogens (tertiary/aromatic N) is 2. The number of fused-ring (bicyclic) bond motifs is 2. The van der Waals surface area contributed by atoms with Crippen molar-refractivity contribution in [3.63, 3.8) is 0 Å². The van der Waals surface area contributed by atoms with Crippen molar-refractivity contribution in [2.24, 2.45) is 7.05 Å². The predicted molar refractivity (Wildman–Crippen MR) is 116 cm³/mol. The normalized spacial score (nSPS) is 16.1. The van der Waals surface area contributed by atoms with Crippen LogP contribution in [0, 0.1) is 6.92 Å². The summed E-state index contributed by atoms with van der Waals surface area (Å²) in [5, 5.41) is 0.841. The first kappa shape index (κ1) is 19.6. The van der Waals surface area contributed by atoms with Crippen molar-refractivity contribution in [1.82, 2.24) is 9.47 Å². The van der Waals surface area contributed by atoms with Gasteiger partial charge in [0.1, 0.15) is 6.54 Å². The maximum absolute atomic E-state index is 13.1. The standard InChI is InChI=1S/C24H25N3O4/c1-16-22(18-5-3-4-6-19(18)25(16)2)23(28)24(29)27-11-9-26(10-12-27)14-17-7-8-20-21(13-17)31-15-30-20/h3-8,13H,9-12,14-15H2,1-2H3/p+1. The molecule has 7 heteroatoms. The van der Waals surface area contributed by atoms with Crippen molar-refractivity contribution < 1.29 is 24.0 Å². The van der Waals surface area contributed by atoms with Crippen LogP contribution in [-0.4, -0.2) is 54.1 Å². The number of para-hydroxylation sites is 1. The predicted octanol–water partition coefficient (Wildman–Crippen LogP) is 1.33. The number of ketones is 1. The molecule has 5 rings (SSSR count). The Morgan fingerprint density at radius 2 is 1.77 bits per heavy atom. The van der Waals surface area contributed by atoms with Gasteiger partial charge in [-0.15, -0.1) is 0 Å². The number of carbonyl (C=O) groups excluding carboxylic acids is 2. The van der Waals surface area contributed by atoms with Crippen molar-refractivity contribution in [2.45, 2.75) is 13.5 Å². The van der Waals surface area contributed by atoms with Gasteiger partial charge in [0.15, 0.2) is 11.5 Å². The van der Waals surface area contributed by atoms with Gasteiger partial charge in [0.25, 0.3) is 11.7 Å². The summed E-state index contributed by atoms with van der Waals surface area (Å²) in [7, 11) is 1.93. The van der Waals surface area contributed by atoms with Crippen LogP contribution in [0.1, 0.15) is 21.6 Å². The highest BCUT2D eigenvalue weighted by Crippen LogP contribution is 2.32. The van der Waals surface area contributed by atoms with E-state index < -0.39 is 11.7 Å². The quantitative estimate of drug-likeness (QED) is 0.511. The van der Waals surface area contributed by atoms with E-state index in [1.807, 2.05) is 54.9 Å². The minimum Gasteiger partial charge on any atom is -0.454 e.